The average Bonchev–Trinajstić information content (AvgIpc) is 2.52. The standard InChI is InChI=1S/C12H15F4N.C6H6N2O/c1-11(2,3)17-7-8-4-9(12(14,15)16)6-10(13)5-8;7-6(9)5-1-3-8-4-2-5/h4-6,17H,7H2,1-3H3;1-4H,(H2,7,9). The van der Waals surface area contributed by atoms with E-state index in [0.29, 0.717) is 11.6 Å². The molecule has 0 aliphatic carbocycles. The third-order valence-corrected chi connectivity index (χ3v) is 3.07. The molecule has 2 rings (SSSR count). The molecule has 0 aliphatic heterocycles. The van der Waals surface area contributed by atoms with Crippen LogP contribution in [0.25, 0.3) is 0 Å². The van der Waals surface area contributed by atoms with Crippen LogP contribution in [0.1, 0.15) is 42.3 Å². The average molecular weight is 371 g/mol. The monoisotopic (exact) mass is 371 g/mol. The number of amides is 1. The van der Waals surface area contributed by atoms with E-state index in [1.54, 1.807) is 12.1 Å². The minimum absolute atomic E-state index is 0.199. The van der Waals surface area contributed by atoms with Gasteiger partial charge >= 0.3 is 6.18 Å². The highest BCUT2D eigenvalue weighted by Gasteiger charge is 2.31. The third-order valence-electron chi connectivity index (χ3n) is 3.07. The first kappa shape index (κ1) is 21.6. The first-order valence-electron chi connectivity index (χ1n) is 7.70. The zero-order chi connectivity index (χ0) is 20.0. The van der Waals surface area contributed by atoms with Gasteiger partial charge in [-0.25, -0.2) is 4.39 Å². The lowest BCUT2D eigenvalue weighted by atomic mass is 10.1. The van der Waals surface area contributed by atoms with Crippen LogP contribution in [0.4, 0.5) is 17.6 Å². The predicted octanol–water partition coefficient (Wildman–Crippen LogP) is 3.91. The van der Waals surface area contributed by atoms with E-state index in [0.717, 1.165) is 12.1 Å². The van der Waals surface area contributed by atoms with Crippen LogP contribution in [0, 0.1) is 5.82 Å². The molecule has 8 heteroatoms. The van der Waals surface area contributed by atoms with E-state index in [1.807, 2.05) is 20.8 Å². The molecule has 2 aromatic rings. The summed E-state index contributed by atoms with van der Waals surface area (Å²) in [6, 6.07) is 5.71. The summed E-state index contributed by atoms with van der Waals surface area (Å²) < 4.78 is 50.4. The SMILES string of the molecule is CC(C)(C)NCc1cc(F)cc(C(F)(F)F)c1.NC(=O)c1ccncc1. The number of rotatable bonds is 3. The Kier molecular flexibility index (Phi) is 7.26. The molecule has 1 aromatic heterocycles. The fourth-order valence-electron chi connectivity index (χ4n) is 1.80. The second-order valence-corrected chi connectivity index (χ2v) is 6.55. The maximum Gasteiger partial charge on any atom is 0.416 e. The lowest BCUT2D eigenvalue weighted by Crippen LogP contribution is -2.35. The van der Waals surface area contributed by atoms with Crippen molar-refractivity contribution in [3.8, 4) is 0 Å². The van der Waals surface area contributed by atoms with E-state index < -0.39 is 23.5 Å². The summed E-state index contributed by atoms with van der Waals surface area (Å²) in [6.45, 7) is 5.86. The van der Waals surface area contributed by atoms with Crippen molar-refractivity contribution < 1.29 is 22.4 Å². The number of carbonyl (C=O) groups excluding carboxylic acids is 1. The van der Waals surface area contributed by atoms with Gasteiger partial charge in [0.05, 0.1) is 5.56 Å². The summed E-state index contributed by atoms with van der Waals surface area (Å²) in [5.74, 6) is -1.29. The van der Waals surface area contributed by atoms with Gasteiger partial charge in [-0.2, -0.15) is 13.2 Å². The van der Waals surface area contributed by atoms with E-state index in [2.05, 4.69) is 10.3 Å². The van der Waals surface area contributed by atoms with Gasteiger partial charge in [0.15, 0.2) is 0 Å². The van der Waals surface area contributed by atoms with Crippen LogP contribution in [0.15, 0.2) is 42.7 Å². The molecule has 0 bridgehead atoms. The highest BCUT2D eigenvalue weighted by Crippen LogP contribution is 2.30. The number of nitrogens with two attached hydrogens (primary N) is 1. The Morgan fingerprint density at radius 1 is 1.12 bits per heavy atom. The molecule has 142 valence electrons. The van der Waals surface area contributed by atoms with Crippen molar-refractivity contribution >= 4 is 5.91 Å². The van der Waals surface area contributed by atoms with E-state index in [9.17, 15) is 22.4 Å². The number of benzene rings is 1. The first-order chi connectivity index (χ1) is 11.9. The molecule has 3 N–H and O–H groups in total. The van der Waals surface area contributed by atoms with Crippen LogP contribution < -0.4 is 11.1 Å². The Hall–Kier alpha value is -2.48. The Labute approximate surface area is 149 Å². The number of hydrogen-bond acceptors (Lipinski definition) is 3. The smallest absolute Gasteiger partial charge is 0.366 e. The Morgan fingerprint density at radius 2 is 1.69 bits per heavy atom. The number of halogens is 4. The zero-order valence-corrected chi connectivity index (χ0v) is 14.7. The maximum absolute atomic E-state index is 13.1. The molecule has 0 atom stereocenters. The molecule has 0 aliphatic rings. The van der Waals surface area contributed by atoms with Crippen molar-refractivity contribution in [2.45, 2.75) is 39.0 Å². The van der Waals surface area contributed by atoms with Crippen molar-refractivity contribution in [2.75, 3.05) is 0 Å². The van der Waals surface area contributed by atoms with Crippen molar-refractivity contribution in [2.24, 2.45) is 5.73 Å². The van der Waals surface area contributed by atoms with Crippen LogP contribution in [0.5, 0.6) is 0 Å². The number of carbonyl (C=O) groups is 1. The van der Waals surface area contributed by atoms with Crippen molar-refractivity contribution in [3.63, 3.8) is 0 Å². The number of alkyl halides is 3. The van der Waals surface area contributed by atoms with Crippen LogP contribution in [0.3, 0.4) is 0 Å². The van der Waals surface area contributed by atoms with Gasteiger partial charge in [0.1, 0.15) is 5.82 Å². The normalized spacial score (nSPS) is 11.5. The largest absolute Gasteiger partial charge is 0.416 e. The molecule has 0 fully saturated rings. The van der Waals surface area contributed by atoms with Gasteiger partial charge in [-0.1, -0.05) is 0 Å². The van der Waals surface area contributed by atoms with Crippen LogP contribution in [-0.2, 0) is 12.7 Å². The molecule has 1 aromatic carbocycles. The topological polar surface area (TPSA) is 68.0 Å². The van der Waals surface area contributed by atoms with Crippen molar-refractivity contribution in [3.05, 3.63) is 65.2 Å². The predicted molar refractivity (Wildman–Crippen MR) is 90.7 cm³/mol. The van der Waals surface area contributed by atoms with Crippen LogP contribution in [0.2, 0.25) is 0 Å². The van der Waals surface area contributed by atoms with Gasteiger partial charge in [0.25, 0.3) is 0 Å². The molecule has 0 saturated heterocycles. The van der Waals surface area contributed by atoms with Crippen molar-refractivity contribution in [1.29, 1.82) is 0 Å². The second kappa shape index (κ2) is 8.75. The lowest BCUT2D eigenvalue weighted by Gasteiger charge is -2.21. The number of nitrogens with zero attached hydrogens (tertiary/aromatic N) is 1. The highest BCUT2D eigenvalue weighted by atomic mass is 19.4. The first-order valence-corrected chi connectivity index (χ1v) is 7.70. The van der Waals surface area contributed by atoms with Crippen molar-refractivity contribution in [1.82, 2.24) is 10.3 Å². The molecule has 0 saturated carbocycles. The summed E-state index contributed by atoms with van der Waals surface area (Å²) in [7, 11) is 0. The minimum atomic E-state index is -4.52. The molecule has 0 radical (unpaired) electrons. The number of nitrogens with one attached hydrogen (secondary N) is 1. The molecule has 1 heterocycles. The minimum Gasteiger partial charge on any atom is -0.366 e. The second-order valence-electron chi connectivity index (χ2n) is 6.55. The Bertz CT molecular complexity index is 725. The van der Waals surface area contributed by atoms with E-state index in [-0.39, 0.29) is 17.6 Å². The zero-order valence-electron chi connectivity index (χ0n) is 14.7. The van der Waals surface area contributed by atoms with Gasteiger partial charge < -0.3 is 11.1 Å². The van der Waals surface area contributed by atoms with Gasteiger partial charge in [-0.05, 0) is 56.7 Å². The molecular weight excluding hydrogens is 350 g/mol. The Balaban J connectivity index is 0.000000314. The number of pyridine rings is 1. The Morgan fingerprint density at radius 3 is 2.12 bits per heavy atom. The summed E-state index contributed by atoms with van der Waals surface area (Å²) in [5, 5.41) is 3.01. The van der Waals surface area contributed by atoms with Gasteiger partial charge in [-0.15, -0.1) is 0 Å². The third kappa shape index (κ3) is 8.06. The quantitative estimate of drug-likeness (QED) is 0.804. The number of primary amides is 1. The lowest BCUT2D eigenvalue weighted by molar-refractivity contribution is -0.137. The van der Waals surface area contributed by atoms with Gasteiger partial charge in [-0.3, -0.25) is 9.78 Å². The van der Waals surface area contributed by atoms with E-state index in [1.165, 1.54) is 12.4 Å². The molecule has 1 amide bonds. The molecule has 0 unspecified atom stereocenters. The van der Waals surface area contributed by atoms with E-state index >= 15 is 0 Å². The molecular formula is C18H21F4N3O. The summed E-state index contributed by atoms with van der Waals surface area (Å²) >= 11 is 0. The number of hydrogen-bond donors (Lipinski definition) is 2. The molecule has 26 heavy (non-hydrogen) atoms. The fourth-order valence-corrected chi connectivity index (χ4v) is 1.80. The van der Waals surface area contributed by atoms with Gasteiger partial charge in [0, 0.05) is 30.0 Å². The number of aromatic nitrogens is 1. The maximum atomic E-state index is 13.1. The van der Waals surface area contributed by atoms with E-state index in [4.69, 9.17) is 5.73 Å². The van der Waals surface area contributed by atoms with Gasteiger partial charge in [0.2, 0.25) is 5.91 Å². The van der Waals surface area contributed by atoms with Crippen LogP contribution in [-0.4, -0.2) is 16.4 Å². The van der Waals surface area contributed by atoms with Crippen LogP contribution >= 0.6 is 0 Å². The molecule has 4 nitrogen and oxygen atoms in total. The molecule has 0 spiro atoms. The fraction of sp³-hybridized carbons (Fsp3) is 0.333. The summed E-state index contributed by atoms with van der Waals surface area (Å²) in [4.78, 5) is 14.1. The highest BCUT2D eigenvalue weighted by molar-refractivity contribution is 5.92. The summed E-state index contributed by atoms with van der Waals surface area (Å²) in [5.41, 5.74) is 4.54. The summed E-state index contributed by atoms with van der Waals surface area (Å²) in [6.07, 6.45) is -1.46.